The van der Waals surface area contributed by atoms with Crippen molar-refractivity contribution in [1.29, 1.82) is 0 Å². The van der Waals surface area contributed by atoms with E-state index in [2.05, 4.69) is 48.1 Å². The molecule has 0 fully saturated rings. The number of aliphatic imine (C=N–C) groups is 4. The topological polar surface area (TPSA) is 62.3 Å². The summed E-state index contributed by atoms with van der Waals surface area (Å²) in [6.07, 6.45) is 12.4. The van der Waals surface area contributed by atoms with E-state index in [0.717, 1.165) is 22.8 Å². The van der Waals surface area contributed by atoms with Crippen molar-refractivity contribution in [2.45, 2.75) is 25.9 Å². The summed E-state index contributed by atoms with van der Waals surface area (Å²) in [5, 5.41) is 0. The Hall–Kier alpha value is -1.76. The minimum absolute atomic E-state index is 0. The first-order valence-corrected chi connectivity index (χ1v) is 8.69. The molecule has 5 rings (SSSR count). The first-order chi connectivity index (χ1) is 12.7. The largest absolute Gasteiger partial charge is 3.00 e. The molecule has 0 saturated carbocycles. The zero-order chi connectivity index (χ0) is 17.7. The molecule has 2 aliphatic heterocycles. The summed E-state index contributed by atoms with van der Waals surface area (Å²) in [6, 6.07) is 5.84. The van der Waals surface area contributed by atoms with Crippen molar-refractivity contribution in [3.05, 3.63) is 77.2 Å². The second-order valence-electron chi connectivity index (χ2n) is 6.76. The van der Waals surface area contributed by atoms with Gasteiger partial charge in [0.05, 0.1) is 11.4 Å². The fraction of sp³-hybridized carbons (Fsp3) is 0.190. The summed E-state index contributed by atoms with van der Waals surface area (Å²) in [5.74, 6) is 1.34. The van der Waals surface area contributed by atoms with Crippen LogP contribution >= 0.6 is 0 Å². The molecule has 1 aromatic rings. The van der Waals surface area contributed by atoms with Gasteiger partial charge in [-0.2, -0.15) is 0 Å². The van der Waals surface area contributed by atoms with Gasteiger partial charge in [0.2, 0.25) is 0 Å². The minimum Gasteiger partial charge on any atom is -1.00 e. The third-order valence-electron chi connectivity index (χ3n) is 4.68. The van der Waals surface area contributed by atoms with Crippen LogP contribution in [0.1, 0.15) is 25.2 Å². The van der Waals surface area contributed by atoms with Crippen LogP contribution in [0.25, 0.3) is 0 Å². The van der Waals surface area contributed by atoms with Crippen molar-refractivity contribution in [3.8, 4) is 0 Å². The Labute approximate surface area is 206 Å². The molecule has 30 heavy (non-hydrogen) atoms. The number of pyridine rings is 1. The van der Waals surface area contributed by atoms with E-state index in [0.29, 0.717) is 11.7 Å². The predicted octanol–water partition coefficient (Wildman–Crippen LogP) is -5.74. The van der Waals surface area contributed by atoms with Crippen LogP contribution in [0.5, 0.6) is 0 Å². The maximum Gasteiger partial charge on any atom is 3.00 e. The average Bonchev–Trinajstić information content (AvgIpc) is 3.25. The molecule has 9 heteroatoms. The van der Waals surface area contributed by atoms with Gasteiger partial charge >= 0.3 is 18.6 Å². The van der Waals surface area contributed by atoms with Crippen LogP contribution < -0.4 is 37.2 Å². The normalized spacial score (nSPS) is 22.2. The van der Waals surface area contributed by atoms with Crippen LogP contribution in [0.2, 0.25) is 0 Å². The van der Waals surface area contributed by atoms with Crippen molar-refractivity contribution in [2.24, 2.45) is 20.0 Å². The van der Waals surface area contributed by atoms with Crippen LogP contribution in [-0.4, -0.2) is 40.2 Å². The summed E-state index contributed by atoms with van der Waals surface area (Å²) in [4.78, 5) is 23.4. The van der Waals surface area contributed by atoms with Gasteiger partial charge in [-0.05, 0) is 38.1 Å². The molecular weight excluding hydrogens is 480 g/mol. The molecule has 3 heterocycles. The monoisotopic (exact) mass is 495 g/mol. The Morgan fingerprint density at radius 3 is 1.53 bits per heavy atom. The number of halogens is 3. The Bertz CT molecular complexity index is 999. The summed E-state index contributed by atoms with van der Waals surface area (Å²) in [7, 11) is 0. The van der Waals surface area contributed by atoms with E-state index in [1.807, 2.05) is 30.4 Å². The molecule has 152 valence electrons. The number of amidine groups is 2. The first-order valence-electron chi connectivity index (χ1n) is 8.69. The quantitative estimate of drug-likeness (QED) is 0.403. The maximum absolute atomic E-state index is 4.73. The van der Waals surface area contributed by atoms with E-state index in [9.17, 15) is 0 Å². The van der Waals surface area contributed by atoms with E-state index in [-0.39, 0.29) is 67.9 Å². The molecule has 0 spiro atoms. The number of aromatic nitrogens is 1. The number of allylic oxidation sites excluding steroid dienone is 4. The summed E-state index contributed by atoms with van der Waals surface area (Å²) >= 11 is 0. The van der Waals surface area contributed by atoms with Crippen molar-refractivity contribution < 1.29 is 55.8 Å². The maximum atomic E-state index is 4.73. The standard InChI is InChI=1S/C21H17N5.3ClH.V/c1-12-6-8-14-18(10-12)25-20(23-14)16-4-3-5-17(22-16)21-24-15-9-7-13(2)11-19(15)26-21;;;;/h3-11,18-19H,1-2H3;3*1H;/q;;;;+3/p-3. The second kappa shape index (κ2) is 10.5. The SMILES string of the molecule is CC1=CC2N=C(c3cccc(C4=NC5C=C(C)C=CC5=N4)n3)N=C2C=C1.[Cl-].[Cl-].[Cl-].[V+3]. The van der Waals surface area contributed by atoms with E-state index in [1.165, 1.54) is 11.1 Å². The van der Waals surface area contributed by atoms with Crippen molar-refractivity contribution >= 4 is 23.1 Å². The van der Waals surface area contributed by atoms with Gasteiger partial charge in [0, 0.05) is 0 Å². The molecule has 4 aliphatic rings. The minimum atomic E-state index is 0. The Morgan fingerprint density at radius 2 is 1.10 bits per heavy atom. The van der Waals surface area contributed by atoms with Gasteiger partial charge in [-0.25, -0.2) is 15.0 Å². The van der Waals surface area contributed by atoms with Crippen molar-refractivity contribution in [3.63, 3.8) is 0 Å². The third kappa shape index (κ3) is 4.93. The van der Waals surface area contributed by atoms with Crippen LogP contribution in [0.3, 0.4) is 0 Å². The van der Waals surface area contributed by atoms with Gasteiger partial charge in [0.25, 0.3) is 0 Å². The predicted molar refractivity (Wildman–Crippen MR) is 106 cm³/mol. The van der Waals surface area contributed by atoms with Gasteiger partial charge in [-0.1, -0.05) is 41.5 Å². The average molecular weight is 497 g/mol. The number of rotatable bonds is 2. The van der Waals surface area contributed by atoms with E-state index >= 15 is 0 Å². The third-order valence-corrected chi connectivity index (χ3v) is 4.68. The molecule has 0 radical (unpaired) electrons. The number of hydrogen-bond acceptors (Lipinski definition) is 5. The van der Waals surface area contributed by atoms with Gasteiger partial charge < -0.3 is 37.2 Å². The molecule has 0 N–H and O–H groups in total. The molecule has 1 aromatic heterocycles. The fourth-order valence-electron chi connectivity index (χ4n) is 3.32. The number of nitrogens with zero attached hydrogens (tertiary/aromatic N) is 5. The molecule has 0 saturated heterocycles. The molecule has 0 bridgehead atoms. The first kappa shape index (κ1) is 26.3. The van der Waals surface area contributed by atoms with E-state index in [1.54, 1.807) is 0 Å². The second-order valence-corrected chi connectivity index (χ2v) is 6.76. The van der Waals surface area contributed by atoms with E-state index in [4.69, 9.17) is 15.0 Å². The van der Waals surface area contributed by atoms with Gasteiger partial charge in [-0.3, -0.25) is 9.98 Å². The van der Waals surface area contributed by atoms with Crippen molar-refractivity contribution in [2.75, 3.05) is 0 Å². The molecule has 2 unspecified atom stereocenters. The van der Waals surface area contributed by atoms with Crippen LogP contribution in [-0.2, 0) is 18.6 Å². The zero-order valence-corrected chi connectivity index (χ0v) is 19.8. The van der Waals surface area contributed by atoms with Gasteiger partial charge in [0.1, 0.15) is 23.5 Å². The number of fused-ring (bicyclic) bond motifs is 2. The Kier molecular flexibility index (Phi) is 9.21. The molecule has 2 atom stereocenters. The zero-order valence-electron chi connectivity index (χ0n) is 16.2. The molecular formula is C21H17Cl3N5V. The molecule has 0 amide bonds. The van der Waals surface area contributed by atoms with Crippen LogP contribution in [0, 0.1) is 0 Å². The Morgan fingerprint density at radius 1 is 0.667 bits per heavy atom. The smallest absolute Gasteiger partial charge is 1.00 e. The summed E-state index contributed by atoms with van der Waals surface area (Å²) < 4.78 is 0. The van der Waals surface area contributed by atoms with Crippen molar-refractivity contribution in [1.82, 2.24) is 4.98 Å². The van der Waals surface area contributed by atoms with E-state index < -0.39 is 0 Å². The Balaban J connectivity index is 0.00000112. The number of hydrogen-bond donors (Lipinski definition) is 0. The fourth-order valence-corrected chi connectivity index (χ4v) is 3.32. The molecule has 5 nitrogen and oxygen atoms in total. The molecule has 2 aliphatic carbocycles. The van der Waals surface area contributed by atoms with Crippen LogP contribution in [0.15, 0.2) is 85.8 Å². The summed E-state index contributed by atoms with van der Waals surface area (Å²) in [5.41, 5.74) is 5.85. The van der Waals surface area contributed by atoms with Gasteiger partial charge in [-0.15, -0.1) is 0 Å². The summed E-state index contributed by atoms with van der Waals surface area (Å²) in [6.45, 7) is 4.14. The van der Waals surface area contributed by atoms with Crippen LogP contribution in [0.4, 0.5) is 0 Å². The van der Waals surface area contributed by atoms with Gasteiger partial charge in [0.15, 0.2) is 11.7 Å². The molecule has 0 aromatic carbocycles.